The Morgan fingerprint density at radius 2 is 1.43 bits per heavy atom. The summed E-state index contributed by atoms with van der Waals surface area (Å²) in [5.41, 5.74) is 0. The van der Waals surface area contributed by atoms with E-state index >= 15 is 0 Å². The summed E-state index contributed by atoms with van der Waals surface area (Å²) in [7, 11) is 0. The van der Waals surface area contributed by atoms with Gasteiger partial charge in [-0.3, -0.25) is 6.42 Å². The van der Waals surface area contributed by atoms with E-state index < -0.39 is 12.2 Å². The zero-order valence-electron chi connectivity index (χ0n) is 4.63. The summed E-state index contributed by atoms with van der Waals surface area (Å²) in [6.07, 6.45) is 0.444. The molecule has 0 bridgehead atoms. The van der Waals surface area contributed by atoms with Gasteiger partial charge in [-0.15, -0.1) is 0 Å². The fourth-order valence-corrected chi connectivity index (χ4v) is 0.403. The molecule has 0 aromatic heterocycles. The smallest absolute Gasteiger partial charge is 0.0674 e. The molecule has 44 valence electrons. The topological polar surface area (TPSA) is 40.5 Å². The molecule has 0 spiro atoms. The van der Waals surface area contributed by atoms with Crippen LogP contribution in [0.4, 0.5) is 0 Å². The van der Waals surface area contributed by atoms with Gasteiger partial charge in [-0.2, -0.15) is 0 Å². The number of rotatable bonds is 2. The van der Waals surface area contributed by atoms with Crippen LogP contribution in [0.25, 0.3) is 0 Å². The normalized spacial score (nSPS) is 18.9. The van der Waals surface area contributed by atoms with Crippen LogP contribution in [0.3, 0.4) is 0 Å². The molecule has 2 N–H and O–H groups in total. The van der Waals surface area contributed by atoms with Crippen molar-refractivity contribution < 1.29 is 10.2 Å². The average Bonchev–Trinajstić information content (AvgIpc) is 1.27. The third-order valence-electron chi connectivity index (χ3n) is 0.557. The lowest BCUT2D eigenvalue weighted by molar-refractivity contribution is 0.158. The molecule has 0 aliphatic heterocycles. The first-order chi connectivity index (χ1) is 3.13. The molecule has 0 saturated carbocycles. The average molecular weight is 103 g/mol. The summed E-state index contributed by atoms with van der Waals surface area (Å²) in [5.74, 6) is 0. The molecule has 0 aliphatic carbocycles. The number of aliphatic hydroxyl groups is 2. The summed E-state index contributed by atoms with van der Waals surface area (Å²) in [5, 5.41) is 17.0. The van der Waals surface area contributed by atoms with Gasteiger partial charge in [0.15, 0.2) is 0 Å². The van der Waals surface area contributed by atoms with Crippen molar-refractivity contribution in [1.29, 1.82) is 0 Å². The van der Waals surface area contributed by atoms with Gasteiger partial charge in [0.2, 0.25) is 0 Å². The third kappa shape index (κ3) is 5.92. The minimum atomic E-state index is -0.500. The maximum absolute atomic E-state index is 8.51. The van der Waals surface area contributed by atoms with Crippen LogP contribution in [0, 0.1) is 6.42 Å². The molecular formula is C5H11O2-. The lowest BCUT2D eigenvalue weighted by atomic mass is 10.2. The van der Waals surface area contributed by atoms with E-state index in [1.54, 1.807) is 13.8 Å². The van der Waals surface area contributed by atoms with Crippen molar-refractivity contribution in [2.75, 3.05) is 0 Å². The van der Waals surface area contributed by atoms with Crippen LogP contribution in [0.1, 0.15) is 13.8 Å². The molecule has 0 amide bonds. The van der Waals surface area contributed by atoms with E-state index in [1.165, 1.54) is 6.42 Å². The second kappa shape index (κ2) is 2.99. The molecule has 2 unspecified atom stereocenters. The van der Waals surface area contributed by atoms with Gasteiger partial charge in [-0.05, 0) is 0 Å². The van der Waals surface area contributed by atoms with Crippen LogP contribution in [0.15, 0.2) is 0 Å². The van der Waals surface area contributed by atoms with Gasteiger partial charge in [-0.25, -0.2) is 0 Å². The first kappa shape index (κ1) is 6.92. The SMILES string of the molecule is CC(O)[CH-]C(C)O. The largest absolute Gasteiger partial charge is 0.425 e. The van der Waals surface area contributed by atoms with Gasteiger partial charge >= 0.3 is 0 Å². The Balaban J connectivity index is 2.95. The summed E-state index contributed by atoms with van der Waals surface area (Å²) in [6.45, 7) is 3.21. The van der Waals surface area contributed by atoms with Crippen molar-refractivity contribution in [2.45, 2.75) is 26.1 Å². The summed E-state index contributed by atoms with van der Waals surface area (Å²) >= 11 is 0. The molecule has 0 aliphatic rings. The van der Waals surface area contributed by atoms with E-state index in [1.807, 2.05) is 0 Å². The van der Waals surface area contributed by atoms with E-state index in [-0.39, 0.29) is 0 Å². The van der Waals surface area contributed by atoms with Crippen molar-refractivity contribution in [2.24, 2.45) is 0 Å². The minimum Gasteiger partial charge on any atom is -0.425 e. The lowest BCUT2D eigenvalue weighted by Gasteiger charge is -2.17. The van der Waals surface area contributed by atoms with Crippen molar-refractivity contribution >= 4 is 0 Å². The van der Waals surface area contributed by atoms with Crippen molar-refractivity contribution in [1.82, 2.24) is 0 Å². The Morgan fingerprint density at radius 3 is 1.43 bits per heavy atom. The minimum absolute atomic E-state index is 0.500. The Bertz CT molecular complexity index is 35.3. The summed E-state index contributed by atoms with van der Waals surface area (Å²) in [4.78, 5) is 0. The molecule has 0 aromatic rings. The van der Waals surface area contributed by atoms with E-state index in [0.29, 0.717) is 0 Å². The maximum Gasteiger partial charge on any atom is -0.0674 e. The Kier molecular flexibility index (Phi) is 2.96. The van der Waals surface area contributed by atoms with Crippen LogP contribution in [-0.2, 0) is 0 Å². The molecule has 0 fully saturated rings. The molecule has 2 nitrogen and oxygen atoms in total. The zero-order chi connectivity index (χ0) is 5.86. The monoisotopic (exact) mass is 103 g/mol. The van der Waals surface area contributed by atoms with Gasteiger partial charge in [0.25, 0.3) is 0 Å². The van der Waals surface area contributed by atoms with Gasteiger partial charge in [0.05, 0.1) is 0 Å². The molecule has 0 rings (SSSR count). The summed E-state index contributed by atoms with van der Waals surface area (Å²) < 4.78 is 0. The molecule has 0 aromatic carbocycles. The number of hydrogen-bond donors (Lipinski definition) is 2. The summed E-state index contributed by atoms with van der Waals surface area (Å²) in [6, 6.07) is 0. The molecule has 0 saturated heterocycles. The third-order valence-corrected chi connectivity index (χ3v) is 0.557. The highest BCUT2D eigenvalue weighted by Crippen LogP contribution is 1.91. The molecular weight excluding hydrogens is 92.1 g/mol. The number of hydrogen-bond acceptors (Lipinski definition) is 2. The predicted molar refractivity (Wildman–Crippen MR) is 27.7 cm³/mol. The van der Waals surface area contributed by atoms with Crippen LogP contribution < -0.4 is 0 Å². The van der Waals surface area contributed by atoms with Crippen LogP contribution in [-0.4, -0.2) is 22.4 Å². The first-order valence-corrected chi connectivity index (χ1v) is 2.34. The highest BCUT2D eigenvalue weighted by Gasteiger charge is 1.85. The molecule has 0 radical (unpaired) electrons. The second-order valence-electron chi connectivity index (χ2n) is 1.67. The van der Waals surface area contributed by atoms with Crippen LogP contribution >= 0.6 is 0 Å². The van der Waals surface area contributed by atoms with E-state index in [9.17, 15) is 0 Å². The zero-order valence-corrected chi connectivity index (χ0v) is 4.63. The lowest BCUT2D eigenvalue weighted by Crippen LogP contribution is -2.11. The highest BCUT2D eigenvalue weighted by atomic mass is 16.3. The molecule has 7 heavy (non-hydrogen) atoms. The van der Waals surface area contributed by atoms with Gasteiger partial charge in [0, 0.05) is 0 Å². The molecule has 0 heterocycles. The van der Waals surface area contributed by atoms with E-state index in [2.05, 4.69) is 0 Å². The first-order valence-electron chi connectivity index (χ1n) is 2.34. The second-order valence-corrected chi connectivity index (χ2v) is 1.67. The number of aliphatic hydroxyl groups excluding tert-OH is 2. The van der Waals surface area contributed by atoms with Gasteiger partial charge in [-0.1, -0.05) is 26.1 Å². The van der Waals surface area contributed by atoms with E-state index in [4.69, 9.17) is 10.2 Å². The molecule has 2 heteroatoms. The fraction of sp³-hybridized carbons (Fsp3) is 0.800. The van der Waals surface area contributed by atoms with Crippen molar-refractivity contribution in [3.8, 4) is 0 Å². The maximum atomic E-state index is 8.51. The van der Waals surface area contributed by atoms with Crippen LogP contribution in [0.2, 0.25) is 0 Å². The predicted octanol–water partition coefficient (Wildman–Crippen LogP) is -0.0477. The fourth-order valence-electron chi connectivity index (χ4n) is 0.403. The standard InChI is InChI=1S/C5H11O2/c1-4(6)3-5(2)7/h3-7H,1-2H3/q-1. The Morgan fingerprint density at radius 1 is 1.14 bits per heavy atom. The van der Waals surface area contributed by atoms with Crippen LogP contribution in [0.5, 0.6) is 0 Å². The van der Waals surface area contributed by atoms with Crippen molar-refractivity contribution in [3.63, 3.8) is 0 Å². The highest BCUT2D eigenvalue weighted by molar-refractivity contribution is 4.76. The molecule has 2 atom stereocenters. The van der Waals surface area contributed by atoms with Gasteiger partial charge in [0.1, 0.15) is 0 Å². The van der Waals surface area contributed by atoms with E-state index in [0.717, 1.165) is 0 Å². The Labute approximate surface area is 43.8 Å². The van der Waals surface area contributed by atoms with Crippen molar-refractivity contribution in [3.05, 3.63) is 6.42 Å². The van der Waals surface area contributed by atoms with Gasteiger partial charge < -0.3 is 10.2 Å². The Hall–Kier alpha value is -0.0800. The quantitative estimate of drug-likeness (QED) is 0.481.